The third-order valence-electron chi connectivity index (χ3n) is 2.98. The van der Waals surface area contributed by atoms with Gasteiger partial charge in [0.2, 0.25) is 0 Å². The lowest BCUT2D eigenvalue weighted by molar-refractivity contribution is 0.313. The third kappa shape index (κ3) is 2.36. The molecule has 2 rings (SSSR count). The van der Waals surface area contributed by atoms with E-state index in [1.807, 2.05) is 0 Å². The van der Waals surface area contributed by atoms with E-state index in [4.69, 9.17) is 10.9 Å². The van der Waals surface area contributed by atoms with Crippen LogP contribution in [-0.2, 0) is 0 Å². The van der Waals surface area contributed by atoms with Crippen LogP contribution < -0.4 is 11.1 Å². The summed E-state index contributed by atoms with van der Waals surface area (Å²) in [5, 5.41) is 14.6. The van der Waals surface area contributed by atoms with E-state index in [-0.39, 0.29) is 5.84 Å². The first-order valence-corrected chi connectivity index (χ1v) is 5.23. The summed E-state index contributed by atoms with van der Waals surface area (Å²) in [6, 6.07) is 1.36. The van der Waals surface area contributed by atoms with E-state index in [0.717, 1.165) is 12.6 Å². The van der Waals surface area contributed by atoms with Crippen LogP contribution in [0.1, 0.15) is 19.3 Å². The second-order valence-corrected chi connectivity index (χ2v) is 4.18. The Morgan fingerprint density at radius 3 is 2.93 bits per heavy atom. The Morgan fingerprint density at radius 1 is 1.50 bits per heavy atom. The number of nitrogens with zero attached hydrogens (tertiary/aromatic N) is 2. The van der Waals surface area contributed by atoms with Crippen molar-refractivity contribution in [1.29, 1.82) is 0 Å². The topological polar surface area (TPSA) is 73.9 Å². The molecular formula is C9H18N4O. The van der Waals surface area contributed by atoms with Gasteiger partial charge in [-0.05, 0) is 19.3 Å². The summed E-state index contributed by atoms with van der Waals surface area (Å²) in [7, 11) is 0. The van der Waals surface area contributed by atoms with Crippen LogP contribution in [0, 0.1) is 0 Å². The van der Waals surface area contributed by atoms with Crippen LogP contribution in [0.5, 0.6) is 0 Å². The molecule has 80 valence electrons. The van der Waals surface area contributed by atoms with E-state index in [2.05, 4.69) is 15.4 Å². The highest BCUT2D eigenvalue weighted by Gasteiger charge is 2.33. The minimum Gasteiger partial charge on any atom is -0.409 e. The Bertz CT molecular complexity index is 227. The second kappa shape index (κ2) is 4.14. The number of nitrogens with two attached hydrogens (primary N) is 1. The number of oxime groups is 1. The molecule has 5 heteroatoms. The van der Waals surface area contributed by atoms with Crippen LogP contribution in [0.25, 0.3) is 0 Å². The highest BCUT2D eigenvalue weighted by molar-refractivity contribution is 5.81. The number of hydrogen-bond donors (Lipinski definition) is 3. The maximum atomic E-state index is 8.37. The van der Waals surface area contributed by atoms with Gasteiger partial charge in [0.1, 0.15) is 0 Å². The fourth-order valence-corrected chi connectivity index (χ4v) is 2.01. The highest BCUT2D eigenvalue weighted by Crippen LogP contribution is 2.29. The summed E-state index contributed by atoms with van der Waals surface area (Å²) in [5.41, 5.74) is 5.38. The quantitative estimate of drug-likeness (QED) is 0.248. The van der Waals surface area contributed by atoms with E-state index in [0.29, 0.717) is 12.6 Å². The van der Waals surface area contributed by atoms with E-state index in [1.165, 1.54) is 25.8 Å². The SMILES string of the molecule is NC(CNC1CCN(C2CC2)C1)=NO. The average molecular weight is 198 g/mol. The zero-order valence-electron chi connectivity index (χ0n) is 8.32. The van der Waals surface area contributed by atoms with Gasteiger partial charge >= 0.3 is 0 Å². The first kappa shape index (κ1) is 9.73. The maximum absolute atomic E-state index is 8.37. The standard InChI is InChI=1S/C9H18N4O/c10-9(12-14)5-11-7-3-4-13(6-7)8-1-2-8/h7-8,11,14H,1-6H2,(H2,10,12). The number of rotatable bonds is 4. The minimum absolute atomic E-state index is 0.259. The Hall–Kier alpha value is -0.810. The monoisotopic (exact) mass is 198 g/mol. The zero-order valence-corrected chi connectivity index (χ0v) is 8.32. The third-order valence-corrected chi connectivity index (χ3v) is 2.98. The molecule has 4 N–H and O–H groups in total. The molecule has 0 radical (unpaired) electrons. The zero-order chi connectivity index (χ0) is 9.97. The Balaban J connectivity index is 1.67. The van der Waals surface area contributed by atoms with Crippen molar-refractivity contribution >= 4 is 5.84 Å². The van der Waals surface area contributed by atoms with Crippen molar-refractivity contribution < 1.29 is 5.21 Å². The normalized spacial score (nSPS) is 29.7. The summed E-state index contributed by atoms with van der Waals surface area (Å²) in [6.07, 6.45) is 3.91. The van der Waals surface area contributed by atoms with Crippen LogP contribution in [-0.4, -0.2) is 47.7 Å². The number of nitrogens with one attached hydrogen (secondary N) is 1. The van der Waals surface area contributed by atoms with Crippen molar-refractivity contribution in [3.8, 4) is 0 Å². The molecule has 1 aliphatic heterocycles. The van der Waals surface area contributed by atoms with E-state index in [9.17, 15) is 0 Å². The molecule has 2 fully saturated rings. The van der Waals surface area contributed by atoms with Crippen LogP contribution in [0.15, 0.2) is 5.16 Å². The van der Waals surface area contributed by atoms with Gasteiger partial charge in [-0.25, -0.2) is 0 Å². The maximum Gasteiger partial charge on any atom is 0.153 e. The molecule has 1 heterocycles. The Labute approximate surface area is 83.9 Å². The smallest absolute Gasteiger partial charge is 0.153 e. The van der Waals surface area contributed by atoms with Crippen LogP contribution in [0.4, 0.5) is 0 Å². The van der Waals surface area contributed by atoms with Crippen molar-refractivity contribution in [2.75, 3.05) is 19.6 Å². The summed E-state index contributed by atoms with van der Waals surface area (Å²) < 4.78 is 0. The largest absolute Gasteiger partial charge is 0.409 e. The van der Waals surface area contributed by atoms with E-state index in [1.54, 1.807) is 0 Å². The van der Waals surface area contributed by atoms with Gasteiger partial charge in [-0.15, -0.1) is 0 Å². The van der Waals surface area contributed by atoms with E-state index >= 15 is 0 Å². The molecule has 0 aromatic heterocycles. The molecule has 1 unspecified atom stereocenters. The van der Waals surface area contributed by atoms with Crippen molar-refractivity contribution in [1.82, 2.24) is 10.2 Å². The molecule has 5 nitrogen and oxygen atoms in total. The summed E-state index contributed by atoms with van der Waals surface area (Å²) >= 11 is 0. The van der Waals surface area contributed by atoms with Crippen LogP contribution in [0.2, 0.25) is 0 Å². The lowest BCUT2D eigenvalue weighted by Gasteiger charge is -2.15. The van der Waals surface area contributed by atoms with Crippen molar-refractivity contribution in [2.24, 2.45) is 10.9 Å². The number of amidine groups is 1. The number of hydrogen-bond acceptors (Lipinski definition) is 4. The van der Waals surface area contributed by atoms with Gasteiger partial charge in [0.25, 0.3) is 0 Å². The molecule has 0 spiro atoms. The predicted molar refractivity (Wildman–Crippen MR) is 54.4 cm³/mol. The molecule has 1 atom stereocenters. The fraction of sp³-hybridized carbons (Fsp3) is 0.889. The minimum atomic E-state index is 0.259. The molecule has 2 aliphatic rings. The van der Waals surface area contributed by atoms with Gasteiger partial charge in [0, 0.05) is 25.2 Å². The van der Waals surface area contributed by atoms with Gasteiger partial charge in [0.15, 0.2) is 5.84 Å². The Morgan fingerprint density at radius 2 is 2.29 bits per heavy atom. The average Bonchev–Trinajstić information content (AvgIpc) is 2.95. The van der Waals surface area contributed by atoms with Gasteiger partial charge in [0.05, 0.1) is 6.54 Å². The van der Waals surface area contributed by atoms with Gasteiger partial charge in [-0.2, -0.15) is 0 Å². The van der Waals surface area contributed by atoms with Gasteiger partial charge < -0.3 is 16.3 Å². The molecule has 1 saturated carbocycles. The first-order valence-electron chi connectivity index (χ1n) is 5.23. The lowest BCUT2D eigenvalue weighted by Crippen LogP contribution is -2.38. The summed E-state index contributed by atoms with van der Waals surface area (Å²) in [6.45, 7) is 2.79. The second-order valence-electron chi connectivity index (χ2n) is 4.18. The molecule has 14 heavy (non-hydrogen) atoms. The van der Waals surface area contributed by atoms with E-state index < -0.39 is 0 Å². The molecule has 0 aromatic rings. The molecule has 0 bridgehead atoms. The molecular weight excluding hydrogens is 180 g/mol. The van der Waals surface area contributed by atoms with Gasteiger partial charge in [-0.1, -0.05) is 5.16 Å². The molecule has 1 aliphatic carbocycles. The Kier molecular flexibility index (Phi) is 2.88. The summed E-state index contributed by atoms with van der Waals surface area (Å²) in [4.78, 5) is 2.53. The predicted octanol–water partition coefficient (Wildman–Crippen LogP) is -0.441. The van der Waals surface area contributed by atoms with Crippen molar-refractivity contribution in [3.05, 3.63) is 0 Å². The van der Waals surface area contributed by atoms with Crippen molar-refractivity contribution in [3.63, 3.8) is 0 Å². The highest BCUT2D eigenvalue weighted by atomic mass is 16.4. The molecule has 0 amide bonds. The van der Waals surface area contributed by atoms with Crippen molar-refractivity contribution in [2.45, 2.75) is 31.3 Å². The molecule has 0 aromatic carbocycles. The van der Waals surface area contributed by atoms with Crippen LogP contribution in [0.3, 0.4) is 0 Å². The summed E-state index contributed by atoms with van der Waals surface area (Å²) in [5.74, 6) is 0.259. The molecule has 1 saturated heterocycles. The van der Waals surface area contributed by atoms with Gasteiger partial charge in [-0.3, -0.25) is 4.90 Å². The fourth-order valence-electron chi connectivity index (χ4n) is 2.01. The number of likely N-dealkylation sites (tertiary alicyclic amines) is 1. The first-order chi connectivity index (χ1) is 6.79. The lowest BCUT2D eigenvalue weighted by atomic mass is 10.2. The van der Waals surface area contributed by atoms with Crippen LogP contribution >= 0.6 is 0 Å².